The lowest BCUT2D eigenvalue weighted by molar-refractivity contribution is 0.117. The van der Waals surface area contributed by atoms with Crippen LogP contribution < -0.4 is 10.1 Å². The van der Waals surface area contributed by atoms with Crippen molar-refractivity contribution in [1.29, 1.82) is 0 Å². The van der Waals surface area contributed by atoms with Crippen LogP contribution in [0.4, 0.5) is 0 Å². The molecule has 2 unspecified atom stereocenters. The Hall–Kier alpha value is -0.680. The average molecular weight is 213 g/mol. The monoisotopic (exact) mass is 213 g/mol. The topological polar surface area (TPSA) is 47.0 Å². The van der Waals surface area contributed by atoms with E-state index in [-0.39, 0.29) is 6.10 Å². The molecule has 0 bridgehead atoms. The number of rotatable bonds is 3. The van der Waals surface area contributed by atoms with Gasteiger partial charge in [-0.2, -0.15) is 9.36 Å². The molecule has 0 aromatic carbocycles. The Bertz CT molecular complexity index is 265. The van der Waals surface area contributed by atoms with E-state index in [1.54, 1.807) is 0 Å². The van der Waals surface area contributed by atoms with Gasteiger partial charge in [0, 0.05) is 17.6 Å². The van der Waals surface area contributed by atoms with Crippen molar-refractivity contribution in [3.05, 3.63) is 6.33 Å². The maximum absolute atomic E-state index is 5.78. The largest absolute Gasteiger partial charge is 0.464 e. The van der Waals surface area contributed by atoms with Gasteiger partial charge in [0.25, 0.3) is 5.19 Å². The molecule has 1 heterocycles. The minimum absolute atomic E-state index is 0.265. The Labute approximate surface area is 87.9 Å². The Balaban J connectivity index is 1.94. The Morgan fingerprint density at radius 3 is 3.07 bits per heavy atom. The molecule has 1 N–H and O–H groups in total. The van der Waals surface area contributed by atoms with Gasteiger partial charge >= 0.3 is 0 Å². The number of ether oxygens (including phenoxy) is 1. The minimum atomic E-state index is 0.265. The van der Waals surface area contributed by atoms with Gasteiger partial charge in [0.1, 0.15) is 12.4 Å². The number of hydrogen-bond donors (Lipinski definition) is 1. The first-order valence-electron chi connectivity index (χ1n) is 5.01. The summed E-state index contributed by atoms with van der Waals surface area (Å²) < 4.78 is 9.70. The SMILES string of the molecule is CNC1CCCCC1Oc1ncns1. The first-order chi connectivity index (χ1) is 6.90. The van der Waals surface area contributed by atoms with E-state index in [4.69, 9.17) is 4.74 Å². The van der Waals surface area contributed by atoms with Crippen molar-refractivity contribution in [2.24, 2.45) is 0 Å². The number of nitrogens with zero attached hydrogens (tertiary/aromatic N) is 2. The summed E-state index contributed by atoms with van der Waals surface area (Å²) in [6, 6.07) is 0.465. The Kier molecular flexibility index (Phi) is 3.31. The van der Waals surface area contributed by atoms with Gasteiger partial charge < -0.3 is 10.1 Å². The van der Waals surface area contributed by atoms with Crippen molar-refractivity contribution in [2.75, 3.05) is 7.05 Å². The van der Waals surface area contributed by atoms with Crippen molar-refractivity contribution in [2.45, 2.75) is 37.8 Å². The summed E-state index contributed by atoms with van der Waals surface area (Å²) in [4.78, 5) is 4.04. The highest BCUT2D eigenvalue weighted by atomic mass is 32.1. The summed E-state index contributed by atoms with van der Waals surface area (Å²) in [6.45, 7) is 0. The van der Waals surface area contributed by atoms with Gasteiger partial charge in [-0.25, -0.2) is 0 Å². The highest BCUT2D eigenvalue weighted by Gasteiger charge is 2.25. The van der Waals surface area contributed by atoms with E-state index >= 15 is 0 Å². The van der Waals surface area contributed by atoms with Gasteiger partial charge in [-0.3, -0.25) is 0 Å². The molecule has 1 aromatic heterocycles. The van der Waals surface area contributed by atoms with Crippen LogP contribution in [0, 0.1) is 0 Å². The van der Waals surface area contributed by atoms with E-state index in [9.17, 15) is 0 Å². The van der Waals surface area contributed by atoms with Crippen LogP contribution in [0.3, 0.4) is 0 Å². The summed E-state index contributed by atoms with van der Waals surface area (Å²) in [6.07, 6.45) is 6.66. The molecular formula is C9H15N3OS. The third kappa shape index (κ3) is 2.22. The standard InChI is InChI=1S/C9H15N3OS/c1-10-7-4-2-3-5-8(7)13-9-11-6-12-14-9/h6-8,10H,2-5H2,1H3. The zero-order valence-electron chi connectivity index (χ0n) is 8.27. The van der Waals surface area contributed by atoms with Gasteiger partial charge in [0.2, 0.25) is 0 Å². The van der Waals surface area contributed by atoms with Crippen LogP contribution in [0.1, 0.15) is 25.7 Å². The first kappa shape index (κ1) is 9.86. The summed E-state index contributed by atoms with van der Waals surface area (Å²) in [5.41, 5.74) is 0. The van der Waals surface area contributed by atoms with Gasteiger partial charge in [0.15, 0.2) is 0 Å². The molecule has 14 heavy (non-hydrogen) atoms. The molecule has 1 fully saturated rings. The second-order valence-electron chi connectivity index (χ2n) is 3.54. The number of nitrogens with one attached hydrogen (secondary N) is 1. The molecule has 1 saturated carbocycles. The molecule has 0 radical (unpaired) electrons. The first-order valence-corrected chi connectivity index (χ1v) is 5.78. The van der Waals surface area contributed by atoms with Crippen LogP contribution in [0.15, 0.2) is 6.33 Å². The Morgan fingerprint density at radius 1 is 1.50 bits per heavy atom. The summed E-state index contributed by atoms with van der Waals surface area (Å²) in [7, 11) is 1.99. The Morgan fingerprint density at radius 2 is 2.36 bits per heavy atom. The summed E-state index contributed by atoms with van der Waals surface area (Å²) in [5.74, 6) is 0. The molecule has 2 atom stereocenters. The van der Waals surface area contributed by atoms with Crippen molar-refractivity contribution in [3.63, 3.8) is 0 Å². The van der Waals surface area contributed by atoms with Crippen molar-refractivity contribution in [1.82, 2.24) is 14.7 Å². The van der Waals surface area contributed by atoms with E-state index in [0.717, 1.165) is 6.42 Å². The second kappa shape index (κ2) is 4.70. The van der Waals surface area contributed by atoms with Crippen LogP contribution in [-0.4, -0.2) is 28.6 Å². The third-order valence-corrected chi connectivity index (χ3v) is 3.22. The third-order valence-electron chi connectivity index (χ3n) is 2.67. The fourth-order valence-electron chi connectivity index (χ4n) is 1.91. The van der Waals surface area contributed by atoms with Crippen LogP contribution in [0.5, 0.6) is 5.19 Å². The van der Waals surface area contributed by atoms with Crippen molar-refractivity contribution >= 4 is 11.5 Å². The van der Waals surface area contributed by atoms with Crippen molar-refractivity contribution < 1.29 is 4.74 Å². The van der Waals surface area contributed by atoms with Crippen LogP contribution >= 0.6 is 11.5 Å². The molecule has 1 aromatic rings. The fraction of sp³-hybridized carbons (Fsp3) is 0.778. The van der Waals surface area contributed by atoms with Gasteiger partial charge in [-0.05, 0) is 26.3 Å². The van der Waals surface area contributed by atoms with Crippen molar-refractivity contribution in [3.8, 4) is 5.19 Å². The zero-order valence-corrected chi connectivity index (χ0v) is 9.09. The molecule has 0 aliphatic heterocycles. The maximum Gasteiger partial charge on any atom is 0.293 e. The van der Waals surface area contributed by atoms with E-state index in [1.165, 1.54) is 37.1 Å². The molecule has 78 valence electrons. The zero-order chi connectivity index (χ0) is 9.80. The highest BCUT2D eigenvalue weighted by molar-refractivity contribution is 7.07. The lowest BCUT2D eigenvalue weighted by Crippen LogP contribution is -2.43. The van der Waals surface area contributed by atoms with E-state index in [2.05, 4.69) is 14.7 Å². The van der Waals surface area contributed by atoms with E-state index < -0.39 is 0 Å². The highest BCUT2D eigenvalue weighted by Crippen LogP contribution is 2.23. The molecular weight excluding hydrogens is 198 g/mol. The predicted molar refractivity (Wildman–Crippen MR) is 55.6 cm³/mol. The minimum Gasteiger partial charge on any atom is -0.464 e. The lowest BCUT2D eigenvalue weighted by Gasteiger charge is -2.30. The number of likely N-dealkylation sites (N-methyl/N-ethyl adjacent to an activating group) is 1. The maximum atomic E-state index is 5.78. The molecule has 0 amide bonds. The summed E-state index contributed by atoms with van der Waals surface area (Å²) >= 11 is 1.32. The lowest BCUT2D eigenvalue weighted by atomic mass is 9.93. The normalized spacial score (nSPS) is 27.5. The van der Waals surface area contributed by atoms with Crippen LogP contribution in [0.2, 0.25) is 0 Å². The fourth-order valence-corrected chi connectivity index (χ4v) is 2.36. The quantitative estimate of drug-likeness (QED) is 0.825. The molecule has 5 heteroatoms. The smallest absolute Gasteiger partial charge is 0.293 e. The van der Waals surface area contributed by atoms with Crippen LogP contribution in [-0.2, 0) is 0 Å². The molecule has 0 saturated heterocycles. The van der Waals surface area contributed by atoms with E-state index in [0.29, 0.717) is 11.2 Å². The molecule has 1 aliphatic rings. The summed E-state index contributed by atoms with van der Waals surface area (Å²) in [5, 5.41) is 3.99. The van der Waals surface area contributed by atoms with E-state index in [1.807, 2.05) is 7.05 Å². The van der Waals surface area contributed by atoms with Gasteiger partial charge in [0.05, 0.1) is 0 Å². The number of hydrogen-bond acceptors (Lipinski definition) is 5. The molecule has 0 spiro atoms. The number of aromatic nitrogens is 2. The molecule has 4 nitrogen and oxygen atoms in total. The van der Waals surface area contributed by atoms with Crippen LogP contribution in [0.25, 0.3) is 0 Å². The predicted octanol–water partition coefficient (Wildman–Crippen LogP) is 1.45. The second-order valence-corrected chi connectivity index (χ2v) is 4.29. The average Bonchev–Trinajstić information content (AvgIpc) is 2.71. The van der Waals surface area contributed by atoms with Gasteiger partial charge in [-0.1, -0.05) is 6.42 Å². The molecule has 2 rings (SSSR count). The van der Waals surface area contributed by atoms with Gasteiger partial charge in [-0.15, -0.1) is 0 Å². The molecule has 1 aliphatic carbocycles.